The molecule has 3 heterocycles. The molecule has 0 N–H and O–H groups in total. The predicted molar refractivity (Wildman–Crippen MR) is 164 cm³/mol. The number of hydrogen-bond donors (Lipinski definition) is 0. The first-order valence-electron chi connectivity index (χ1n) is 14.0. The van der Waals surface area contributed by atoms with E-state index in [9.17, 15) is 10.1 Å². The molecule has 5 aromatic rings. The molecular weight excluding hydrogens is 528 g/mol. The van der Waals surface area contributed by atoms with Crippen LogP contribution in [-0.2, 0) is 17.8 Å². The Morgan fingerprint density at radius 2 is 1.90 bits per heavy atom. The molecule has 0 aliphatic carbocycles. The third-order valence-electron chi connectivity index (χ3n) is 7.53. The monoisotopic (exact) mass is 558 g/mol. The summed E-state index contributed by atoms with van der Waals surface area (Å²) in [7, 11) is 0. The van der Waals surface area contributed by atoms with Crippen LogP contribution in [0.2, 0.25) is 0 Å². The Labute approximate surface area is 243 Å². The largest absolute Gasteiger partial charge is 0.387 e. The molecule has 0 spiro atoms. The van der Waals surface area contributed by atoms with E-state index in [4.69, 9.17) is 9.82 Å². The van der Waals surface area contributed by atoms with Crippen molar-refractivity contribution in [3.05, 3.63) is 121 Å². The van der Waals surface area contributed by atoms with Gasteiger partial charge in [0.25, 0.3) is 5.56 Å². The molecule has 0 amide bonds. The fourth-order valence-electron chi connectivity index (χ4n) is 5.27. The first-order valence-corrected chi connectivity index (χ1v) is 14.8. The Hall–Kier alpha value is -4.54. The van der Waals surface area contributed by atoms with Gasteiger partial charge in [0.05, 0.1) is 34.0 Å². The minimum absolute atomic E-state index is 0.0464. The predicted octanol–water partition coefficient (Wildman–Crippen LogP) is 7.56. The van der Waals surface area contributed by atoms with Crippen molar-refractivity contribution in [2.75, 3.05) is 0 Å². The molecular formula is C34H30N4O2S. The first kappa shape index (κ1) is 26.7. The summed E-state index contributed by atoms with van der Waals surface area (Å²) in [5, 5.41) is 14.4. The maximum absolute atomic E-state index is 14.0. The van der Waals surface area contributed by atoms with Gasteiger partial charge in [-0.25, -0.2) is 4.98 Å². The molecule has 7 heteroatoms. The summed E-state index contributed by atoms with van der Waals surface area (Å²) in [6.07, 6.45) is 3.15. The zero-order valence-electron chi connectivity index (χ0n) is 23.1. The topological polar surface area (TPSA) is 80.3 Å². The van der Waals surface area contributed by atoms with E-state index in [0.717, 1.165) is 57.9 Å². The van der Waals surface area contributed by atoms with Crippen molar-refractivity contribution >= 4 is 28.0 Å². The summed E-state index contributed by atoms with van der Waals surface area (Å²) in [5.41, 5.74) is 6.05. The van der Waals surface area contributed by atoms with Crippen LogP contribution < -0.4 is 5.56 Å². The summed E-state index contributed by atoms with van der Waals surface area (Å²) >= 11 is 1.71. The minimum atomic E-state index is -0.228. The van der Waals surface area contributed by atoms with Gasteiger partial charge in [-0.15, -0.1) is 11.3 Å². The minimum Gasteiger partial charge on any atom is -0.387 e. The summed E-state index contributed by atoms with van der Waals surface area (Å²) in [6.45, 7) is 4.65. The molecule has 3 aromatic carbocycles. The third-order valence-corrected chi connectivity index (χ3v) is 8.58. The van der Waals surface area contributed by atoms with Crippen LogP contribution in [0.1, 0.15) is 64.6 Å². The Morgan fingerprint density at radius 3 is 2.66 bits per heavy atom. The van der Waals surface area contributed by atoms with Gasteiger partial charge in [0.2, 0.25) is 0 Å². The quantitative estimate of drug-likeness (QED) is 0.197. The standard InChI is InChI=1S/C34H30N4O2S/c1-3-4-9-33-36-29-16-15-25(31-19-30(37-40-31)32-17-10-22(2)41-32)18-28(29)34(39)38(33)21-23-11-13-24(14-12-23)27-8-6-5-7-26(27)20-35/h5-8,10-18,31H,3-4,9,19,21H2,1-2H3. The van der Waals surface area contributed by atoms with E-state index in [1.807, 2.05) is 71.3 Å². The number of fused-ring (bicyclic) bond motifs is 1. The van der Waals surface area contributed by atoms with E-state index >= 15 is 0 Å². The molecule has 0 bridgehead atoms. The van der Waals surface area contributed by atoms with Crippen LogP contribution in [0.3, 0.4) is 0 Å². The number of aromatic nitrogens is 2. The second-order valence-electron chi connectivity index (χ2n) is 10.4. The van der Waals surface area contributed by atoms with Crippen LogP contribution in [-0.4, -0.2) is 15.3 Å². The van der Waals surface area contributed by atoms with E-state index in [2.05, 4.69) is 37.2 Å². The Bertz CT molecular complexity index is 1860. The molecule has 0 saturated heterocycles. The van der Waals surface area contributed by atoms with Gasteiger partial charge in [-0.3, -0.25) is 9.36 Å². The van der Waals surface area contributed by atoms with Gasteiger partial charge in [0.1, 0.15) is 11.5 Å². The molecule has 1 atom stereocenters. The van der Waals surface area contributed by atoms with Crippen LogP contribution >= 0.6 is 11.3 Å². The van der Waals surface area contributed by atoms with Gasteiger partial charge >= 0.3 is 0 Å². The Morgan fingerprint density at radius 1 is 1.07 bits per heavy atom. The van der Waals surface area contributed by atoms with Crippen LogP contribution in [0.4, 0.5) is 0 Å². The fourth-order valence-corrected chi connectivity index (χ4v) is 6.13. The van der Waals surface area contributed by atoms with E-state index in [1.165, 1.54) is 4.88 Å². The number of thiophene rings is 1. The average Bonchev–Trinajstić information content (AvgIpc) is 3.67. The highest BCUT2D eigenvalue weighted by molar-refractivity contribution is 7.14. The lowest BCUT2D eigenvalue weighted by Gasteiger charge is -2.15. The Kier molecular flexibility index (Phi) is 7.49. The van der Waals surface area contributed by atoms with Crippen LogP contribution in [0.15, 0.2) is 88.8 Å². The second kappa shape index (κ2) is 11.5. The number of benzene rings is 3. The van der Waals surface area contributed by atoms with Gasteiger partial charge in [0.15, 0.2) is 6.10 Å². The maximum atomic E-state index is 14.0. The van der Waals surface area contributed by atoms with E-state index in [-0.39, 0.29) is 11.7 Å². The molecule has 0 fully saturated rings. The number of rotatable bonds is 8. The van der Waals surface area contributed by atoms with Crippen molar-refractivity contribution in [1.29, 1.82) is 5.26 Å². The number of hydrogen-bond acceptors (Lipinski definition) is 6. The van der Waals surface area contributed by atoms with Crippen LogP contribution in [0.25, 0.3) is 22.0 Å². The molecule has 1 aliphatic heterocycles. The molecule has 0 radical (unpaired) electrons. The number of unbranched alkanes of at least 4 members (excludes halogenated alkanes) is 1. The SMILES string of the molecule is CCCCc1nc2ccc(C3CC(c4ccc(C)s4)=NO3)cc2c(=O)n1Cc1ccc(-c2ccccc2C#N)cc1. The zero-order valence-corrected chi connectivity index (χ0v) is 23.9. The highest BCUT2D eigenvalue weighted by Gasteiger charge is 2.25. The summed E-state index contributed by atoms with van der Waals surface area (Å²) in [6, 6.07) is 28.0. The highest BCUT2D eigenvalue weighted by atomic mass is 32.1. The Balaban J connectivity index is 1.31. The second-order valence-corrected chi connectivity index (χ2v) is 11.7. The van der Waals surface area contributed by atoms with Gasteiger partial charge < -0.3 is 4.84 Å². The molecule has 1 aliphatic rings. The summed E-state index contributed by atoms with van der Waals surface area (Å²) < 4.78 is 1.81. The third kappa shape index (κ3) is 5.44. The van der Waals surface area contributed by atoms with Crippen LogP contribution in [0.5, 0.6) is 0 Å². The van der Waals surface area contributed by atoms with Crippen molar-refractivity contribution in [2.24, 2.45) is 5.16 Å². The lowest BCUT2D eigenvalue weighted by molar-refractivity contribution is 0.0858. The van der Waals surface area contributed by atoms with E-state index in [0.29, 0.717) is 29.4 Å². The molecule has 1 unspecified atom stereocenters. The summed E-state index contributed by atoms with van der Waals surface area (Å²) in [4.78, 5) is 27.1. The maximum Gasteiger partial charge on any atom is 0.261 e. The highest BCUT2D eigenvalue weighted by Crippen LogP contribution is 2.32. The van der Waals surface area contributed by atoms with Gasteiger partial charge in [-0.05, 0) is 65.9 Å². The first-order chi connectivity index (χ1) is 20.0. The van der Waals surface area contributed by atoms with Crippen molar-refractivity contribution in [2.45, 2.75) is 52.2 Å². The molecule has 6 rings (SSSR count). The van der Waals surface area contributed by atoms with Crippen molar-refractivity contribution in [3.63, 3.8) is 0 Å². The number of nitriles is 1. The molecule has 0 saturated carbocycles. The molecule has 204 valence electrons. The number of nitrogens with zero attached hydrogens (tertiary/aromatic N) is 4. The summed E-state index contributed by atoms with van der Waals surface area (Å²) in [5.74, 6) is 0.798. The fraction of sp³-hybridized carbons (Fsp3) is 0.235. The molecule has 2 aromatic heterocycles. The van der Waals surface area contributed by atoms with Crippen molar-refractivity contribution in [3.8, 4) is 17.2 Å². The number of oxime groups is 1. The lowest BCUT2D eigenvalue weighted by atomic mass is 9.99. The van der Waals surface area contributed by atoms with Gasteiger partial charge in [-0.1, -0.05) is 67.0 Å². The normalized spacial score (nSPS) is 14.6. The molecule has 41 heavy (non-hydrogen) atoms. The zero-order chi connectivity index (χ0) is 28.3. The van der Waals surface area contributed by atoms with E-state index < -0.39 is 0 Å². The van der Waals surface area contributed by atoms with Gasteiger partial charge in [-0.2, -0.15) is 5.26 Å². The van der Waals surface area contributed by atoms with Crippen molar-refractivity contribution < 1.29 is 4.84 Å². The van der Waals surface area contributed by atoms with Gasteiger partial charge in [0, 0.05) is 17.7 Å². The van der Waals surface area contributed by atoms with E-state index in [1.54, 1.807) is 11.3 Å². The average molecular weight is 559 g/mol. The lowest BCUT2D eigenvalue weighted by Crippen LogP contribution is -2.26. The smallest absolute Gasteiger partial charge is 0.261 e. The number of aryl methyl sites for hydroxylation is 2. The van der Waals surface area contributed by atoms with Crippen LogP contribution in [0, 0.1) is 18.3 Å². The van der Waals surface area contributed by atoms with Crippen molar-refractivity contribution in [1.82, 2.24) is 9.55 Å². The molecule has 6 nitrogen and oxygen atoms in total.